The normalized spacial score (nSPS) is 16.8. The van der Waals surface area contributed by atoms with Crippen molar-refractivity contribution in [2.75, 3.05) is 66.1 Å². The maximum atomic E-state index is 6.92. The molecule has 2 atom stereocenters. The maximum Gasteiger partial charge on any atom is 0.126 e. The molecule has 4 aromatic carbocycles. The van der Waals surface area contributed by atoms with Gasteiger partial charge in [0.15, 0.2) is 0 Å². The first-order valence-corrected chi connectivity index (χ1v) is 31.9. The Morgan fingerprint density at radius 1 is 0.439 bits per heavy atom. The molecule has 0 spiro atoms. The van der Waals surface area contributed by atoms with Gasteiger partial charge in [-0.15, -0.1) is 0 Å². The van der Waals surface area contributed by atoms with Crippen molar-refractivity contribution >= 4 is 26.5 Å². The first kappa shape index (κ1) is 50.2. The molecule has 0 amide bonds. The van der Waals surface area contributed by atoms with Crippen LogP contribution in [0, 0.1) is 0 Å². The fourth-order valence-corrected chi connectivity index (χ4v) is 14.2. The lowest BCUT2D eigenvalue weighted by molar-refractivity contribution is 0.117. The molecule has 1 aliphatic carbocycles. The van der Waals surface area contributed by atoms with Crippen LogP contribution in [0.15, 0.2) is 60.7 Å². The van der Waals surface area contributed by atoms with Crippen molar-refractivity contribution in [3.05, 3.63) is 105 Å². The van der Waals surface area contributed by atoms with Crippen LogP contribution in [0.5, 0.6) is 23.0 Å². The predicted octanol–water partition coefficient (Wildman–Crippen LogP) is 11.0. The van der Waals surface area contributed by atoms with Crippen LogP contribution < -0.4 is 29.3 Å². The van der Waals surface area contributed by atoms with Gasteiger partial charge in [0.1, 0.15) is 35.2 Å². The molecule has 2 heterocycles. The van der Waals surface area contributed by atoms with E-state index in [1.54, 1.807) is 0 Å². The summed E-state index contributed by atoms with van der Waals surface area (Å²) in [5, 5.41) is 2.91. The molecule has 2 fully saturated rings. The summed E-state index contributed by atoms with van der Waals surface area (Å²) in [6, 6.07) is 25.8. The van der Waals surface area contributed by atoms with Gasteiger partial charge >= 0.3 is 0 Å². The molecule has 3 aliphatic rings. The van der Waals surface area contributed by atoms with E-state index < -0.39 is 16.1 Å². The van der Waals surface area contributed by atoms with E-state index in [1.807, 2.05) is 0 Å². The molecule has 2 saturated heterocycles. The van der Waals surface area contributed by atoms with Gasteiger partial charge in [0.05, 0.1) is 69.0 Å². The Morgan fingerprint density at radius 2 is 0.727 bits per heavy atom. The SMILES string of the molecule is CCCOc1c2cccc1Cc1cc([Si](C)(C)CCCOCC3CO3)cc(c1OCCC)Cc1cccc(c1OCCC)Cc1cc([Si](C)(C)CCCOCC3CO3)cc(c1OCCC)C2. The highest BCUT2D eigenvalue weighted by molar-refractivity contribution is 6.90. The largest absolute Gasteiger partial charge is 0.493 e. The van der Waals surface area contributed by atoms with Crippen LogP contribution in [0.25, 0.3) is 0 Å². The Labute approximate surface area is 399 Å². The van der Waals surface area contributed by atoms with Crippen LogP contribution >= 0.6 is 0 Å². The topological polar surface area (TPSA) is 80.4 Å². The minimum absolute atomic E-state index is 0.292. The maximum absolute atomic E-state index is 6.92. The average molecular weight is 937 g/mol. The molecule has 2 unspecified atom stereocenters. The van der Waals surface area contributed by atoms with Crippen molar-refractivity contribution in [3.63, 3.8) is 0 Å². The molecule has 8 nitrogen and oxygen atoms in total. The number of fused-ring (bicyclic) bond motifs is 8. The zero-order chi connectivity index (χ0) is 46.5. The van der Waals surface area contributed by atoms with Crippen LogP contribution in [0.1, 0.15) is 111 Å². The number of hydrogen-bond donors (Lipinski definition) is 0. The number of rotatable bonds is 26. The predicted molar refractivity (Wildman–Crippen MR) is 274 cm³/mol. The molecule has 10 heteroatoms. The van der Waals surface area contributed by atoms with E-state index in [4.69, 9.17) is 37.9 Å². The quantitative estimate of drug-likeness (QED) is 0.0308. The fraction of sp³-hybridized carbons (Fsp3) is 0.571. The van der Waals surface area contributed by atoms with E-state index in [1.165, 1.54) is 54.9 Å². The standard InChI is InChI=1S/C56H80O8Si2/c1-9-21-59-53-41-17-13-18-42(53)30-46-34-52(66(7,8)28-16-26-58-38-50-40-64-50)36-48(56(46)62-24-12-4)32-44-20-14-19-43(54(44)60-22-10-2)31-47-35-51(33-45(29-41)55(47)61-23-11-3)65(5,6)27-15-25-57-37-49-39-63-49/h13-14,17-20,33-36,49-50H,9-12,15-16,21-32,37-40H2,1-8H3. The summed E-state index contributed by atoms with van der Waals surface area (Å²) < 4.78 is 50.5. The van der Waals surface area contributed by atoms with E-state index >= 15 is 0 Å². The second kappa shape index (κ2) is 24.1. The van der Waals surface area contributed by atoms with E-state index in [0.29, 0.717) is 77.5 Å². The van der Waals surface area contributed by atoms with Gasteiger partial charge in [-0.1, -0.05) is 137 Å². The molecule has 360 valence electrons. The van der Waals surface area contributed by atoms with Gasteiger partial charge in [-0.3, -0.25) is 0 Å². The summed E-state index contributed by atoms with van der Waals surface area (Å²) in [5.41, 5.74) is 9.70. The lowest BCUT2D eigenvalue weighted by Crippen LogP contribution is -2.42. The highest BCUT2D eigenvalue weighted by Gasteiger charge is 2.31. The molecule has 8 bridgehead atoms. The second-order valence-electron chi connectivity index (χ2n) is 20.2. The Bertz CT molecular complexity index is 1930. The zero-order valence-electron chi connectivity index (χ0n) is 41.8. The zero-order valence-corrected chi connectivity index (χ0v) is 43.8. The first-order valence-electron chi connectivity index (χ1n) is 25.5. The minimum atomic E-state index is -1.94. The van der Waals surface area contributed by atoms with Gasteiger partial charge < -0.3 is 37.9 Å². The number of para-hydroxylation sites is 2. The number of epoxide rings is 2. The van der Waals surface area contributed by atoms with Gasteiger partial charge in [-0.05, 0) is 83.0 Å². The summed E-state index contributed by atoms with van der Waals surface area (Å²) in [6.07, 6.45) is 9.21. The monoisotopic (exact) mass is 937 g/mol. The van der Waals surface area contributed by atoms with Crippen molar-refractivity contribution in [2.45, 2.75) is 142 Å². The number of hydrogen-bond acceptors (Lipinski definition) is 8. The molecule has 0 radical (unpaired) electrons. The third kappa shape index (κ3) is 13.7. The molecule has 2 aliphatic heterocycles. The van der Waals surface area contributed by atoms with Crippen LogP contribution in [-0.2, 0) is 44.6 Å². The van der Waals surface area contributed by atoms with E-state index in [2.05, 4.69) is 115 Å². The summed E-state index contributed by atoms with van der Waals surface area (Å²) >= 11 is 0. The fourth-order valence-electron chi connectivity index (χ4n) is 9.31. The second-order valence-corrected chi connectivity index (χ2v) is 29.9. The smallest absolute Gasteiger partial charge is 0.126 e. The molecular weight excluding hydrogens is 857 g/mol. The van der Waals surface area contributed by atoms with E-state index in [9.17, 15) is 0 Å². The molecule has 7 rings (SSSR count). The van der Waals surface area contributed by atoms with Crippen molar-refractivity contribution in [1.82, 2.24) is 0 Å². The lowest BCUT2D eigenvalue weighted by Gasteiger charge is -2.28. The molecule has 0 saturated carbocycles. The molecular formula is C56H80O8Si2. The van der Waals surface area contributed by atoms with Crippen molar-refractivity contribution in [1.29, 1.82) is 0 Å². The Hall–Kier alpha value is -3.65. The highest BCUT2D eigenvalue weighted by Crippen LogP contribution is 2.40. The minimum Gasteiger partial charge on any atom is -0.493 e. The van der Waals surface area contributed by atoms with Crippen LogP contribution in [0.4, 0.5) is 0 Å². The Kier molecular flexibility index (Phi) is 18.3. The number of benzene rings is 4. The van der Waals surface area contributed by atoms with E-state index in [-0.39, 0.29) is 0 Å². The van der Waals surface area contributed by atoms with Gasteiger partial charge in [0.25, 0.3) is 0 Å². The molecule has 66 heavy (non-hydrogen) atoms. The van der Waals surface area contributed by atoms with Crippen molar-refractivity contribution < 1.29 is 37.9 Å². The van der Waals surface area contributed by atoms with Crippen LogP contribution in [0.2, 0.25) is 38.3 Å². The number of ether oxygens (including phenoxy) is 8. The Balaban J connectivity index is 1.39. The van der Waals surface area contributed by atoms with Gasteiger partial charge in [-0.25, -0.2) is 0 Å². The molecule has 0 N–H and O–H groups in total. The van der Waals surface area contributed by atoms with E-state index in [0.717, 1.165) is 100 Å². The lowest BCUT2D eigenvalue weighted by atomic mass is 9.91. The average Bonchev–Trinajstić information content (AvgIpc) is 4.25. The van der Waals surface area contributed by atoms with Crippen LogP contribution in [-0.4, -0.2) is 94.4 Å². The van der Waals surface area contributed by atoms with Gasteiger partial charge in [0, 0.05) is 38.9 Å². The molecule has 0 aromatic heterocycles. The molecule has 4 aromatic rings. The third-order valence-corrected chi connectivity index (χ3v) is 20.2. The van der Waals surface area contributed by atoms with Gasteiger partial charge in [0.2, 0.25) is 0 Å². The van der Waals surface area contributed by atoms with Gasteiger partial charge in [-0.2, -0.15) is 0 Å². The summed E-state index contributed by atoms with van der Waals surface area (Å²) in [7, 11) is -3.87. The van der Waals surface area contributed by atoms with Crippen LogP contribution in [0.3, 0.4) is 0 Å². The first-order chi connectivity index (χ1) is 32.0. The Morgan fingerprint density at radius 3 is 1.00 bits per heavy atom. The summed E-state index contributed by atoms with van der Waals surface area (Å²) in [4.78, 5) is 0. The summed E-state index contributed by atoms with van der Waals surface area (Å²) in [6.45, 7) is 26.1. The van der Waals surface area contributed by atoms with Crippen molar-refractivity contribution in [3.8, 4) is 23.0 Å². The van der Waals surface area contributed by atoms with Crippen molar-refractivity contribution in [2.24, 2.45) is 0 Å². The highest BCUT2D eigenvalue weighted by atomic mass is 28.3. The third-order valence-electron chi connectivity index (χ3n) is 13.3. The summed E-state index contributed by atoms with van der Waals surface area (Å²) in [5.74, 6) is 4.01.